The van der Waals surface area contributed by atoms with Crippen LogP contribution in [-0.4, -0.2) is 54.5 Å². The fourth-order valence-electron chi connectivity index (χ4n) is 3.96. The van der Waals surface area contributed by atoms with Crippen molar-refractivity contribution in [1.82, 2.24) is 15.1 Å². The molecule has 1 amide bonds. The van der Waals surface area contributed by atoms with Crippen LogP contribution >= 0.6 is 11.6 Å². The maximum absolute atomic E-state index is 12.7. The summed E-state index contributed by atoms with van der Waals surface area (Å²) in [5, 5.41) is 4.10. The Hall–Kier alpha value is -1.10. The SMILES string of the molecule is CN1CCCCCC1C(=O)NC1CCN(Cc2ccc(Cl)cc2)CC1. The summed E-state index contributed by atoms with van der Waals surface area (Å²) in [6.07, 6.45) is 6.70. The highest BCUT2D eigenvalue weighted by atomic mass is 35.5. The zero-order valence-electron chi connectivity index (χ0n) is 15.2. The first-order valence-corrected chi connectivity index (χ1v) is 9.97. The van der Waals surface area contributed by atoms with Gasteiger partial charge < -0.3 is 5.32 Å². The maximum Gasteiger partial charge on any atom is 0.237 e. The Balaban J connectivity index is 1.44. The van der Waals surface area contributed by atoms with Crippen LogP contribution in [0.5, 0.6) is 0 Å². The topological polar surface area (TPSA) is 35.6 Å². The number of hydrogen-bond donors (Lipinski definition) is 1. The monoisotopic (exact) mass is 363 g/mol. The molecule has 1 unspecified atom stereocenters. The van der Waals surface area contributed by atoms with Crippen LogP contribution in [0.25, 0.3) is 0 Å². The Morgan fingerprint density at radius 1 is 1.08 bits per heavy atom. The van der Waals surface area contributed by atoms with Crippen LogP contribution in [0, 0.1) is 0 Å². The first-order valence-electron chi connectivity index (χ1n) is 9.59. The van der Waals surface area contributed by atoms with Gasteiger partial charge in [-0.2, -0.15) is 0 Å². The Labute approximate surface area is 156 Å². The summed E-state index contributed by atoms with van der Waals surface area (Å²) in [6.45, 7) is 4.07. The predicted molar refractivity (Wildman–Crippen MR) is 103 cm³/mol. The number of benzene rings is 1. The summed E-state index contributed by atoms with van der Waals surface area (Å²) in [6, 6.07) is 8.48. The van der Waals surface area contributed by atoms with Crippen LogP contribution in [0.2, 0.25) is 5.02 Å². The number of halogens is 1. The Kier molecular flexibility index (Phi) is 6.74. The fraction of sp³-hybridized carbons (Fsp3) is 0.650. The molecule has 1 atom stereocenters. The average Bonchev–Trinajstić information content (AvgIpc) is 2.83. The number of carbonyl (C=O) groups excluding carboxylic acids is 1. The lowest BCUT2D eigenvalue weighted by atomic mass is 10.0. The first-order chi connectivity index (χ1) is 12.1. The summed E-state index contributed by atoms with van der Waals surface area (Å²) < 4.78 is 0. The fourth-order valence-corrected chi connectivity index (χ4v) is 4.09. The number of carbonyl (C=O) groups is 1. The van der Waals surface area contributed by atoms with E-state index in [0.29, 0.717) is 6.04 Å². The van der Waals surface area contributed by atoms with Gasteiger partial charge in [-0.15, -0.1) is 0 Å². The van der Waals surface area contributed by atoms with E-state index in [0.717, 1.165) is 50.5 Å². The summed E-state index contributed by atoms with van der Waals surface area (Å²) in [5.41, 5.74) is 1.30. The van der Waals surface area contributed by atoms with Crippen molar-refractivity contribution in [3.63, 3.8) is 0 Å². The number of amides is 1. The minimum absolute atomic E-state index is 0.0644. The lowest BCUT2D eigenvalue weighted by Gasteiger charge is -2.34. The van der Waals surface area contributed by atoms with Crippen molar-refractivity contribution >= 4 is 17.5 Å². The first kappa shape index (κ1) is 18.7. The second kappa shape index (κ2) is 9.02. The lowest BCUT2D eigenvalue weighted by Crippen LogP contribution is -2.51. The van der Waals surface area contributed by atoms with Gasteiger partial charge in [0.15, 0.2) is 0 Å². The number of likely N-dealkylation sites (N-methyl/N-ethyl adjacent to an activating group) is 1. The molecule has 1 aromatic rings. The van der Waals surface area contributed by atoms with Crippen molar-refractivity contribution in [2.45, 2.75) is 57.2 Å². The smallest absolute Gasteiger partial charge is 0.237 e. The molecule has 2 heterocycles. The predicted octanol–water partition coefficient (Wildman–Crippen LogP) is 3.30. The third kappa shape index (κ3) is 5.44. The standard InChI is InChI=1S/C20H30ClN3O/c1-23-12-4-2-3-5-19(23)20(25)22-18-10-13-24(14-11-18)15-16-6-8-17(21)9-7-16/h6-9,18-19H,2-5,10-15H2,1H3,(H,22,25). The van der Waals surface area contributed by atoms with Gasteiger partial charge in [0.2, 0.25) is 5.91 Å². The van der Waals surface area contributed by atoms with Crippen LogP contribution < -0.4 is 5.32 Å². The van der Waals surface area contributed by atoms with Gasteiger partial charge in [-0.25, -0.2) is 0 Å². The minimum atomic E-state index is 0.0644. The molecule has 2 fully saturated rings. The van der Waals surface area contributed by atoms with Gasteiger partial charge in [0.1, 0.15) is 0 Å². The molecule has 1 N–H and O–H groups in total. The Morgan fingerprint density at radius 3 is 2.52 bits per heavy atom. The lowest BCUT2D eigenvalue weighted by molar-refractivity contribution is -0.127. The van der Waals surface area contributed by atoms with Crippen molar-refractivity contribution in [2.24, 2.45) is 0 Å². The van der Waals surface area contributed by atoms with Crippen molar-refractivity contribution < 1.29 is 4.79 Å². The number of nitrogens with zero attached hydrogens (tertiary/aromatic N) is 2. The molecule has 0 bridgehead atoms. The second-order valence-electron chi connectivity index (χ2n) is 7.53. The van der Waals surface area contributed by atoms with Gasteiger partial charge >= 0.3 is 0 Å². The average molecular weight is 364 g/mol. The normalized spacial score (nSPS) is 24.0. The third-order valence-electron chi connectivity index (χ3n) is 5.58. The molecule has 3 rings (SSSR count). The van der Waals surface area contributed by atoms with E-state index in [-0.39, 0.29) is 11.9 Å². The van der Waals surface area contributed by atoms with Crippen LogP contribution in [0.3, 0.4) is 0 Å². The van der Waals surface area contributed by atoms with E-state index in [2.05, 4.69) is 34.3 Å². The van der Waals surface area contributed by atoms with E-state index < -0.39 is 0 Å². The molecule has 2 saturated heterocycles. The van der Waals surface area contributed by atoms with Gasteiger partial charge in [-0.1, -0.05) is 36.6 Å². The van der Waals surface area contributed by atoms with Crippen LogP contribution in [0.4, 0.5) is 0 Å². The molecule has 0 radical (unpaired) electrons. The summed E-state index contributed by atoms with van der Waals surface area (Å²) >= 11 is 5.95. The third-order valence-corrected chi connectivity index (χ3v) is 5.83. The van der Waals surface area contributed by atoms with Gasteiger partial charge in [-0.05, 0) is 57.0 Å². The Morgan fingerprint density at radius 2 is 1.80 bits per heavy atom. The zero-order chi connectivity index (χ0) is 17.6. The van der Waals surface area contributed by atoms with Crippen LogP contribution in [0.15, 0.2) is 24.3 Å². The van der Waals surface area contributed by atoms with E-state index >= 15 is 0 Å². The molecule has 0 aliphatic carbocycles. The molecule has 25 heavy (non-hydrogen) atoms. The summed E-state index contributed by atoms with van der Waals surface area (Å²) in [4.78, 5) is 17.4. The number of nitrogens with one attached hydrogen (secondary N) is 1. The van der Waals surface area contributed by atoms with Crippen LogP contribution in [-0.2, 0) is 11.3 Å². The Bertz CT molecular complexity index is 555. The second-order valence-corrected chi connectivity index (χ2v) is 7.97. The highest BCUT2D eigenvalue weighted by Crippen LogP contribution is 2.18. The highest BCUT2D eigenvalue weighted by Gasteiger charge is 2.28. The molecule has 1 aromatic carbocycles. The molecule has 4 nitrogen and oxygen atoms in total. The van der Waals surface area contributed by atoms with Crippen molar-refractivity contribution in [1.29, 1.82) is 0 Å². The van der Waals surface area contributed by atoms with E-state index in [1.807, 2.05) is 12.1 Å². The molecule has 138 valence electrons. The summed E-state index contributed by atoms with van der Waals surface area (Å²) in [5.74, 6) is 0.237. The van der Waals surface area contributed by atoms with Crippen molar-refractivity contribution in [3.05, 3.63) is 34.9 Å². The number of hydrogen-bond acceptors (Lipinski definition) is 3. The molecule has 2 aliphatic heterocycles. The van der Waals surface area contributed by atoms with Gasteiger partial charge in [0.25, 0.3) is 0 Å². The highest BCUT2D eigenvalue weighted by molar-refractivity contribution is 6.30. The van der Waals surface area contributed by atoms with Gasteiger partial charge in [0.05, 0.1) is 6.04 Å². The van der Waals surface area contributed by atoms with E-state index in [1.165, 1.54) is 24.8 Å². The molecule has 2 aliphatic rings. The maximum atomic E-state index is 12.7. The number of rotatable bonds is 4. The molecular weight excluding hydrogens is 334 g/mol. The summed E-state index contributed by atoms with van der Waals surface area (Å²) in [7, 11) is 2.09. The molecule has 5 heteroatoms. The molecule has 0 aromatic heterocycles. The van der Waals surface area contributed by atoms with E-state index in [9.17, 15) is 4.79 Å². The quantitative estimate of drug-likeness (QED) is 0.891. The van der Waals surface area contributed by atoms with Crippen molar-refractivity contribution in [3.8, 4) is 0 Å². The minimum Gasteiger partial charge on any atom is -0.352 e. The zero-order valence-corrected chi connectivity index (χ0v) is 16.0. The largest absolute Gasteiger partial charge is 0.352 e. The van der Waals surface area contributed by atoms with E-state index in [1.54, 1.807) is 0 Å². The van der Waals surface area contributed by atoms with Crippen LogP contribution in [0.1, 0.15) is 44.1 Å². The van der Waals surface area contributed by atoms with Crippen molar-refractivity contribution in [2.75, 3.05) is 26.7 Å². The number of likely N-dealkylation sites (tertiary alicyclic amines) is 2. The molecular formula is C20H30ClN3O. The molecule has 0 spiro atoms. The van der Waals surface area contributed by atoms with E-state index in [4.69, 9.17) is 11.6 Å². The van der Waals surface area contributed by atoms with Gasteiger partial charge in [-0.3, -0.25) is 14.6 Å². The number of piperidine rings is 1. The van der Waals surface area contributed by atoms with Gasteiger partial charge in [0, 0.05) is 30.7 Å². The molecule has 0 saturated carbocycles.